The molecule has 3 rings (SSSR count). The zero-order valence-electron chi connectivity index (χ0n) is 15.4. The molecule has 148 valence electrons. The lowest BCUT2D eigenvalue weighted by molar-refractivity contribution is -0.147. The van der Waals surface area contributed by atoms with Gasteiger partial charge in [-0.15, -0.1) is 0 Å². The van der Waals surface area contributed by atoms with Crippen LogP contribution in [0.5, 0.6) is 0 Å². The monoisotopic (exact) mass is 389 g/mol. The first kappa shape index (κ1) is 19.6. The number of ether oxygens (including phenoxy) is 2. The molecule has 3 fully saturated rings. The Bertz CT molecular complexity index is 675. The summed E-state index contributed by atoms with van der Waals surface area (Å²) < 4.78 is 39.8. The van der Waals surface area contributed by atoms with E-state index >= 15 is 0 Å². The van der Waals surface area contributed by atoms with Crippen molar-refractivity contribution in [2.24, 2.45) is 17.3 Å². The Morgan fingerprint density at radius 3 is 2.65 bits per heavy atom. The number of amides is 1. The normalized spacial score (nSPS) is 34.0. The third kappa shape index (κ3) is 3.61. The van der Waals surface area contributed by atoms with Gasteiger partial charge in [-0.05, 0) is 25.2 Å². The molecule has 9 heteroatoms. The van der Waals surface area contributed by atoms with Crippen molar-refractivity contribution < 1.29 is 31.7 Å². The average molecular weight is 389 g/mol. The molecule has 5 unspecified atom stereocenters. The lowest BCUT2D eigenvalue weighted by Gasteiger charge is -2.25. The number of nitrogens with one attached hydrogen (secondary N) is 1. The number of hydrogen-bond acceptors (Lipinski definition) is 7. The molecule has 26 heavy (non-hydrogen) atoms. The van der Waals surface area contributed by atoms with Crippen molar-refractivity contribution in [1.29, 1.82) is 0 Å². The summed E-state index contributed by atoms with van der Waals surface area (Å²) in [6.07, 6.45) is 1.43. The Balaban J connectivity index is 1.35. The molecule has 1 N–H and O–H groups in total. The van der Waals surface area contributed by atoms with Crippen LogP contribution in [0.3, 0.4) is 0 Å². The van der Waals surface area contributed by atoms with E-state index in [2.05, 4.69) is 5.32 Å². The van der Waals surface area contributed by atoms with Crippen molar-refractivity contribution in [3.8, 4) is 0 Å². The molecular formula is C17H27NO7S. The smallest absolute Gasteiger partial charge is 0.325 e. The number of esters is 1. The lowest BCUT2D eigenvalue weighted by atomic mass is 9.89. The molecule has 1 aliphatic heterocycles. The summed E-state index contributed by atoms with van der Waals surface area (Å²) in [7, 11) is -3.44. The van der Waals surface area contributed by atoms with E-state index in [0.717, 1.165) is 6.42 Å². The molecule has 1 saturated heterocycles. The fraction of sp³-hybridized carbons (Fsp3) is 0.882. The maximum atomic E-state index is 11.9. The standard InChI is InChI=1S/C17H27NO7S/c1-4-17(2,3)16(20)18-9-13(19)23-5-6-24-14-10-7-11-12(8-10)26(21,22)25-15(11)14/h10-12,14-15H,4-9H2,1-3H3,(H,18,20). The zero-order valence-corrected chi connectivity index (χ0v) is 16.2. The average Bonchev–Trinajstić information content (AvgIpc) is 3.19. The van der Waals surface area contributed by atoms with Gasteiger partial charge in [-0.3, -0.25) is 13.8 Å². The molecule has 5 atom stereocenters. The van der Waals surface area contributed by atoms with Gasteiger partial charge >= 0.3 is 5.97 Å². The van der Waals surface area contributed by atoms with Crippen LogP contribution in [0.1, 0.15) is 40.0 Å². The summed E-state index contributed by atoms with van der Waals surface area (Å²) in [6, 6.07) is 0. The predicted octanol–water partition coefficient (Wildman–Crippen LogP) is 0.604. The van der Waals surface area contributed by atoms with E-state index in [1.807, 2.05) is 20.8 Å². The molecule has 0 radical (unpaired) electrons. The van der Waals surface area contributed by atoms with Gasteiger partial charge in [-0.25, -0.2) is 0 Å². The van der Waals surface area contributed by atoms with E-state index in [1.165, 1.54) is 0 Å². The van der Waals surface area contributed by atoms with Crippen molar-refractivity contribution in [3.05, 3.63) is 0 Å². The van der Waals surface area contributed by atoms with Gasteiger partial charge in [-0.1, -0.05) is 20.8 Å². The van der Waals surface area contributed by atoms with Crippen LogP contribution in [0.25, 0.3) is 0 Å². The van der Waals surface area contributed by atoms with Gasteiger partial charge in [0.05, 0.1) is 18.0 Å². The molecule has 0 aromatic carbocycles. The minimum absolute atomic E-state index is 0.0367. The highest BCUT2D eigenvalue weighted by molar-refractivity contribution is 7.87. The van der Waals surface area contributed by atoms with Gasteiger partial charge in [0.1, 0.15) is 19.3 Å². The summed E-state index contributed by atoms with van der Waals surface area (Å²) in [5.41, 5.74) is -0.523. The molecule has 3 aliphatic rings. The topological polar surface area (TPSA) is 108 Å². The second-order valence-electron chi connectivity index (χ2n) is 7.96. The van der Waals surface area contributed by atoms with Crippen molar-refractivity contribution in [2.45, 2.75) is 57.5 Å². The molecule has 1 heterocycles. The summed E-state index contributed by atoms with van der Waals surface area (Å²) in [4.78, 5) is 23.6. The Morgan fingerprint density at radius 2 is 1.96 bits per heavy atom. The van der Waals surface area contributed by atoms with Crippen LogP contribution >= 0.6 is 0 Å². The van der Waals surface area contributed by atoms with Crippen molar-refractivity contribution in [3.63, 3.8) is 0 Å². The van der Waals surface area contributed by atoms with E-state index in [4.69, 9.17) is 13.7 Å². The summed E-state index contributed by atoms with van der Waals surface area (Å²) >= 11 is 0. The number of carbonyl (C=O) groups is 2. The molecular weight excluding hydrogens is 362 g/mol. The van der Waals surface area contributed by atoms with Crippen LogP contribution in [0.4, 0.5) is 0 Å². The minimum atomic E-state index is -3.44. The van der Waals surface area contributed by atoms with Crippen LogP contribution < -0.4 is 5.32 Å². The van der Waals surface area contributed by atoms with E-state index < -0.39 is 27.6 Å². The first-order valence-corrected chi connectivity index (χ1v) is 10.6. The number of hydrogen-bond donors (Lipinski definition) is 1. The Kier molecular flexibility index (Phi) is 5.33. The lowest BCUT2D eigenvalue weighted by Crippen LogP contribution is -2.40. The Morgan fingerprint density at radius 1 is 1.23 bits per heavy atom. The SMILES string of the molecule is CCC(C)(C)C(=O)NCC(=O)OCCOC1C2CC3C1OS(=O)(=O)C3C2. The summed E-state index contributed by atoms with van der Waals surface area (Å²) in [5, 5.41) is 2.20. The second kappa shape index (κ2) is 7.09. The molecule has 1 amide bonds. The van der Waals surface area contributed by atoms with Crippen molar-refractivity contribution in [2.75, 3.05) is 19.8 Å². The largest absolute Gasteiger partial charge is 0.462 e. The highest BCUT2D eigenvalue weighted by Gasteiger charge is 2.64. The Labute approximate surface area is 154 Å². The molecule has 8 nitrogen and oxygen atoms in total. The van der Waals surface area contributed by atoms with Gasteiger partial charge in [0, 0.05) is 11.3 Å². The summed E-state index contributed by atoms with van der Waals surface area (Å²) in [6.45, 7) is 5.59. The maximum Gasteiger partial charge on any atom is 0.325 e. The highest BCUT2D eigenvalue weighted by atomic mass is 32.2. The van der Waals surface area contributed by atoms with E-state index in [1.54, 1.807) is 0 Å². The molecule has 2 saturated carbocycles. The van der Waals surface area contributed by atoms with Gasteiger partial charge in [0.15, 0.2) is 0 Å². The molecule has 0 aromatic heterocycles. The predicted molar refractivity (Wildman–Crippen MR) is 91.6 cm³/mol. The molecule has 2 aliphatic carbocycles. The first-order valence-electron chi connectivity index (χ1n) is 9.13. The molecule has 2 bridgehead atoms. The van der Waals surface area contributed by atoms with Crippen molar-refractivity contribution >= 4 is 22.0 Å². The third-order valence-electron chi connectivity index (χ3n) is 5.96. The number of carbonyl (C=O) groups excluding carboxylic acids is 2. The fourth-order valence-corrected chi connectivity index (χ4v) is 5.94. The minimum Gasteiger partial charge on any atom is -0.462 e. The number of rotatable bonds is 8. The van der Waals surface area contributed by atoms with E-state index in [0.29, 0.717) is 12.8 Å². The Hall–Kier alpha value is -1.19. The van der Waals surface area contributed by atoms with Crippen LogP contribution in [0.2, 0.25) is 0 Å². The van der Waals surface area contributed by atoms with Gasteiger partial charge in [0.25, 0.3) is 10.1 Å². The highest BCUT2D eigenvalue weighted by Crippen LogP contribution is 2.55. The van der Waals surface area contributed by atoms with Crippen LogP contribution in [-0.4, -0.2) is 57.5 Å². The van der Waals surface area contributed by atoms with E-state index in [9.17, 15) is 18.0 Å². The van der Waals surface area contributed by atoms with Crippen LogP contribution in [0, 0.1) is 17.3 Å². The maximum absolute atomic E-state index is 11.9. The van der Waals surface area contributed by atoms with Gasteiger partial charge < -0.3 is 14.8 Å². The number of fused-ring (bicyclic) bond motifs is 1. The van der Waals surface area contributed by atoms with Crippen LogP contribution in [-0.2, 0) is 33.4 Å². The second-order valence-corrected chi connectivity index (χ2v) is 9.75. The zero-order chi connectivity index (χ0) is 19.1. The fourth-order valence-electron chi connectivity index (χ4n) is 4.05. The quantitative estimate of drug-likeness (QED) is 0.368. The van der Waals surface area contributed by atoms with E-state index in [-0.39, 0.29) is 48.9 Å². The van der Waals surface area contributed by atoms with Gasteiger partial charge in [-0.2, -0.15) is 8.42 Å². The molecule has 0 aromatic rings. The third-order valence-corrected chi connectivity index (χ3v) is 7.74. The molecule has 0 spiro atoms. The van der Waals surface area contributed by atoms with Gasteiger partial charge in [0.2, 0.25) is 5.91 Å². The van der Waals surface area contributed by atoms with Crippen molar-refractivity contribution in [1.82, 2.24) is 5.32 Å². The van der Waals surface area contributed by atoms with Crippen LogP contribution in [0.15, 0.2) is 0 Å². The summed E-state index contributed by atoms with van der Waals surface area (Å²) in [5.74, 6) is -0.487. The first-order chi connectivity index (χ1) is 12.2.